The van der Waals surface area contributed by atoms with Crippen molar-refractivity contribution in [1.82, 2.24) is 0 Å². The summed E-state index contributed by atoms with van der Waals surface area (Å²) in [6.07, 6.45) is 1.35. The molecule has 0 amide bonds. The van der Waals surface area contributed by atoms with E-state index in [4.69, 9.17) is 0 Å². The molecule has 0 aromatic rings. The van der Waals surface area contributed by atoms with E-state index in [9.17, 15) is 0 Å². The van der Waals surface area contributed by atoms with E-state index in [0.29, 0.717) is 0 Å². The summed E-state index contributed by atoms with van der Waals surface area (Å²) in [5, 5.41) is 0. The van der Waals surface area contributed by atoms with E-state index in [0.717, 1.165) is 5.75 Å². The molecule has 0 nitrogen and oxygen atoms in total. The van der Waals surface area contributed by atoms with Gasteiger partial charge in [0, 0.05) is 8.80 Å². The minimum absolute atomic E-state index is 0.259. The van der Waals surface area contributed by atoms with Crippen LogP contribution in [0.2, 0.25) is 18.1 Å². The van der Waals surface area contributed by atoms with Crippen molar-refractivity contribution in [2.75, 3.05) is 5.75 Å². The Balaban J connectivity index is 3.09. The zero-order valence-electron chi connectivity index (χ0n) is 6.56. The first-order valence-electron chi connectivity index (χ1n) is 3.96. The first kappa shape index (κ1) is 9.57. The van der Waals surface area contributed by atoms with Crippen LogP contribution in [0.15, 0.2) is 0 Å². The molecule has 2 heteroatoms. The molecule has 0 aromatic heterocycles. The van der Waals surface area contributed by atoms with Crippen LogP contribution >= 0.6 is 12.6 Å². The minimum atomic E-state index is -0.259. The Bertz CT molecular complexity index is 52.9. The fourth-order valence-corrected chi connectivity index (χ4v) is 3.78. The molecule has 0 fully saturated rings. The lowest BCUT2D eigenvalue weighted by Crippen LogP contribution is -2.07. The van der Waals surface area contributed by atoms with Crippen molar-refractivity contribution in [3.8, 4) is 0 Å². The highest BCUT2D eigenvalue weighted by Gasteiger charge is 2.02. The van der Waals surface area contributed by atoms with Gasteiger partial charge in [0.2, 0.25) is 0 Å². The summed E-state index contributed by atoms with van der Waals surface area (Å²) in [5.41, 5.74) is 0. The van der Waals surface area contributed by atoms with E-state index in [-0.39, 0.29) is 8.80 Å². The van der Waals surface area contributed by atoms with Crippen LogP contribution in [-0.4, -0.2) is 14.5 Å². The molecule has 0 aliphatic rings. The second-order valence-electron chi connectivity index (χ2n) is 2.55. The van der Waals surface area contributed by atoms with Crippen molar-refractivity contribution in [3.63, 3.8) is 0 Å². The Kier molecular flexibility index (Phi) is 7.10. The summed E-state index contributed by atoms with van der Waals surface area (Å²) in [7, 11) is -0.259. The van der Waals surface area contributed by atoms with Gasteiger partial charge >= 0.3 is 0 Å². The van der Waals surface area contributed by atoms with Crippen LogP contribution in [0.25, 0.3) is 0 Å². The summed E-state index contributed by atoms with van der Waals surface area (Å²) in [5.74, 6) is 1.09. The second kappa shape index (κ2) is 6.68. The Labute approximate surface area is 66.1 Å². The quantitative estimate of drug-likeness (QED) is 0.466. The van der Waals surface area contributed by atoms with Gasteiger partial charge in [-0.25, -0.2) is 0 Å². The Morgan fingerprint density at radius 2 is 1.78 bits per heavy atom. The van der Waals surface area contributed by atoms with Gasteiger partial charge in [-0.05, 0) is 12.2 Å². The van der Waals surface area contributed by atoms with Gasteiger partial charge in [-0.2, -0.15) is 12.6 Å². The average molecular weight is 162 g/mol. The fraction of sp³-hybridized carbons (Fsp3) is 1.00. The van der Waals surface area contributed by atoms with Crippen molar-refractivity contribution in [1.29, 1.82) is 0 Å². The zero-order chi connectivity index (χ0) is 7.11. The molecule has 0 aliphatic carbocycles. The van der Waals surface area contributed by atoms with Gasteiger partial charge in [0.05, 0.1) is 0 Å². The SMILES string of the molecule is CC[SiH](CC)CCCS. The van der Waals surface area contributed by atoms with Gasteiger partial charge < -0.3 is 0 Å². The second-order valence-corrected chi connectivity index (χ2v) is 6.94. The third-order valence-corrected chi connectivity index (χ3v) is 5.78. The summed E-state index contributed by atoms with van der Waals surface area (Å²) < 4.78 is 0. The van der Waals surface area contributed by atoms with Crippen molar-refractivity contribution in [2.24, 2.45) is 0 Å². The van der Waals surface area contributed by atoms with Crippen LogP contribution in [0.5, 0.6) is 0 Å². The van der Waals surface area contributed by atoms with Crippen LogP contribution in [0.1, 0.15) is 20.3 Å². The molecule has 0 aliphatic heterocycles. The van der Waals surface area contributed by atoms with E-state index in [1.54, 1.807) is 0 Å². The third kappa shape index (κ3) is 5.03. The monoisotopic (exact) mass is 162 g/mol. The molecule has 0 saturated heterocycles. The molecule has 0 heterocycles. The summed E-state index contributed by atoms with van der Waals surface area (Å²) in [4.78, 5) is 0. The van der Waals surface area contributed by atoms with Crippen molar-refractivity contribution < 1.29 is 0 Å². The van der Waals surface area contributed by atoms with Gasteiger partial charge in [-0.3, -0.25) is 0 Å². The van der Waals surface area contributed by atoms with Crippen LogP contribution in [-0.2, 0) is 0 Å². The molecule has 0 radical (unpaired) electrons. The average Bonchev–Trinajstić information content (AvgIpc) is 1.91. The van der Waals surface area contributed by atoms with E-state index in [1.807, 2.05) is 0 Å². The number of hydrogen-bond donors (Lipinski definition) is 1. The highest BCUT2D eigenvalue weighted by Crippen LogP contribution is 2.07. The molecular weight excluding hydrogens is 144 g/mol. The van der Waals surface area contributed by atoms with Gasteiger partial charge in [0.15, 0.2) is 0 Å². The smallest absolute Gasteiger partial charge is 0.0362 e. The van der Waals surface area contributed by atoms with E-state index in [2.05, 4.69) is 26.5 Å². The van der Waals surface area contributed by atoms with Crippen molar-refractivity contribution in [2.45, 2.75) is 38.4 Å². The van der Waals surface area contributed by atoms with Crippen LogP contribution in [0.4, 0.5) is 0 Å². The van der Waals surface area contributed by atoms with Crippen molar-refractivity contribution in [3.05, 3.63) is 0 Å². The number of rotatable bonds is 5. The van der Waals surface area contributed by atoms with E-state index < -0.39 is 0 Å². The largest absolute Gasteiger partial charge is 0.179 e. The molecule has 0 spiro atoms. The third-order valence-electron chi connectivity index (χ3n) is 1.93. The number of hydrogen-bond acceptors (Lipinski definition) is 1. The van der Waals surface area contributed by atoms with Crippen LogP contribution in [0, 0.1) is 0 Å². The number of thiol groups is 1. The normalized spacial score (nSPS) is 10.7. The van der Waals surface area contributed by atoms with Gasteiger partial charge in [0.25, 0.3) is 0 Å². The summed E-state index contributed by atoms with van der Waals surface area (Å²) >= 11 is 4.20. The topological polar surface area (TPSA) is 0 Å². The molecule has 0 N–H and O–H groups in total. The first-order chi connectivity index (χ1) is 4.35. The van der Waals surface area contributed by atoms with Gasteiger partial charge in [0.1, 0.15) is 0 Å². The summed E-state index contributed by atoms with van der Waals surface area (Å²) in [6.45, 7) is 4.66. The summed E-state index contributed by atoms with van der Waals surface area (Å²) in [6, 6.07) is 4.46. The Morgan fingerprint density at radius 3 is 2.11 bits per heavy atom. The van der Waals surface area contributed by atoms with E-state index in [1.165, 1.54) is 24.6 Å². The Hall–Kier alpha value is 0.567. The predicted molar refractivity (Wildman–Crippen MR) is 51.4 cm³/mol. The Morgan fingerprint density at radius 1 is 1.22 bits per heavy atom. The molecule has 9 heavy (non-hydrogen) atoms. The standard InChI is InChI=1S/C7H18SSi/c1-3-9(4-2)7-5-6-8/h8-9H,3-7H2,1-2H3. The lowest BCUT2D eigenvalue weighted by atomic mass is 10.6. The highest BCUT2D eigenvalue weighted by molar-refractivity contribution is 7.80. The molecule has 0 unspecified atom stereocenters. The molecule has 0 atom stereocenters. The first-order valence-corrected chi connectivity index (χ1v) is 7.04. The minimum Gasteiger partial charge on any atom is -0.179 e. The van der Waals surface area contributed by atoms with Crippen molar-refractivity contribution >= 4 is 21.4 Å². The van der Waals surface area contributed by atoms with Gasteiger partial charge in [-0.1, -0.05) is 32.0 Å². The molecule has 0 bridgehead atoms. The molecule has 0 saturated carbocycles. The zero-order valence-corrected chi connectivity index (χ0v) is 8.61. The maximum Gasteiger partial charge on any atom is 0.0362 e. The van der Waals surface area contributed by atoms with Crippen LogP contribution in [0.3, 0.4) is 0 Å². The lowest BCUT2D eigenvalue weighted by molar-refractivity contribution is 1.06. The molecule has 56 valence electrons. The predicted octanol–water partition coefficient (Wildman–Crippen LogP) is 2.57. The van der Waals surface area contributed by atoms with Gasteiger partial charge in [-0.15, -0.1) is 0 Å². The molecule has 0 rings (SSSR count). The maximum absolute atomic E-state index is 4.20. The highest BCUT2D eigenvalue weighted by atomic mass is 32.1. The molecule has 0 aromatic carbocycles. The fourth-order valence-electron chi connectivity index (χ4n) is 1.08. The lowest BCUT2D eigenvalue weighted by Gasteiger charge is -2.07. The maximum atomic E-state index is 4.20. The van der Waals surface area contributed by atoms with E-state index >= 15 is 0 Å². The molecular formula is C7H18SSi. The van der Waals surface area contributed by atoms with Crippen LogP contribution < -0.4 is 0 Å².